The van der Waals surface area contributed by atoms with Crippen LogP contribution in [0.15, 0.2) is 94.8 Å². The van der Waals surface area contributed by atoms with Gasteiger partial charge < -0.3 is 24.6 Å². The van der Waals surface area contributed by atoms with Crippen LogP contribution in [0.2, 0.25) is 0 Å². The first kappa shape index (κ1) is 29.0. The molecule has 38 heavy (non-hydrogen) atoms. The van der Waals surface area contributed by atoms with Gasteiger partial charge in [0.05, 0.1) is 19.9 Å². The first-order valence-corrected chi connectivity index (χ1v) is 12.3. The number of rotatable bonds is 10. The molecular formula is C30H33CoN3O4. The largest absolute Gasteiger partial charge is 0.497 e. The SMILES string of the molecule is CCN1\C(=C/C=N/N=C(\O)c2ccccc2)C(C)(Cc2ccc(OCCO)cc2)c2cc(OC)ccc21.[Co]. The predicted octanol–water partition coefficient (Wildman–Crippen LogP) is 5.28. The molecule has 0 saturated heterocycles. The van der Waals surface area contributed by atoms with Gasteiger partial charge in [0.15, 0.2) is 0 Å². The van der Waals surface area contributed by atoms with E-state index in [1.165, 1.54) is 5.56 Å². The quantitative estimate of drug-likeness (QED) is 0.201. The number of hydrogen-bond donors (Lipinski definition) is 2. The maximum atomic E-state index is 10.3. The van der Waals surface area contributed by atoms with Crippen molar-refractivity contribution in [3.63, 3.8) is 0 Å². The van der Waals surface area contributed by atoms with E-state index in [0.29, 0.717) is 5.56 Å². The van der Waals surface area contributed by atoms with Gasteiger partial charge in [0, 0.05) is 45.7 Å². The predicted molar refractivity (Wildman–Crippen MR) is 148 cm³/mol. The molecule has 0 bridgehead atoms. The third kappa shape index (κ3) is 6.27. The Bertz CT molecular complexity index is 1290. The molecule has 2 N–H and O–H groups in total. The molecule has 1 atom stereocenters. The third-order valence-electron chi connectivity index (χ3n) is 6.59. The Hall–Kier alpha value is -3.59. The second-order valence-corrected chi connectivity index (χ2v) is 8.96. The molecule has 0 saturated carbocycles. The van der Waals surface area contributed by atoms with Crippen LogP contribution in [-0.4, -0.2) is 49.2 Å². The molecule has 3 aromatic carbocycles. The maximum absolute atomic E-state index is 10.3. The van der Waals surface area contributed by atoms with Crippen LogP contribution in [0.4, 0.5) is 5.69 Å². The van der Waals surface area contributed by atoms with E-state index in [1.807, 2.05) is 42.5 Å². The van der Waals surface area contributed by atoms with E-state index in [9.17, 15) is 5.11 Å². The Morgan fingerprint density at radius 3 is 2.39 bits per heavy atom. The molecule has 1 aliphatic rings. The average Bonchev–Trinajstić information content (AvgIpc) is 3.17. The average molecular weight is 559 g/mol. The van der Waals surface area contributed by atoms with Crippen molar-refractivity contribution >= 4 is 17.8 Å². The summed E-state index contributed by atoms with van der Waals surface area (Å²) in [5.74, 6) is 1.40. The van der Waals surface area contributed by atoms with E-state index in [0.717, 1.165) is 41.4 Å². The summed E-state index contributed by atoms with van der Waals surface area (Å²) in [5, 5.41) is 27.4. The molecule has 0 amide bonds. The second kappa shape index (κ2) is 13.3. The summed E-state index contributed by atoms with van der Waals surface area (Å²) in [6.45, 7) is 5.37. The molecule has 0 fully saturated rings. The zero-order valence-electron chi connectivity index (χ0n) is 21.8. The van der Waals surface area contributed by atoms with Crippen LogP contribution >= 0.6 is 0 Å². The molecule has 1 radical (unpaired) electrons. The number of aliphatic hydroxyl groups is 2. The topological polar surface area (TPSA) is 86.9 Å². The fraction of sp³-hybridized carbons (Fsp3) is 0.267. The molecule has 0 spiro atoms. The van der Waals surface area contributed by atoms with Crippen molar-refractivity contribution in [2.45, 2.75) is 25.7 Å². The van der Waals surface area contributed by atoms with Crippen LogP contribution < -0.4 is 14.4 Å². The smallest absolute Gasteiger partial charge is 0.238 e. The van der Waals surface area contributed by atoms with Crippen molar-refractivity contribution in [1.82, 2.24) is 0 Å². The van der Waals surface area contributed by atoms with Gasteiger partial charge in [-0.15, -0.1) is 5.10 Å². The minimum atomic E-state index is -0.370. The number of hydrogen-bond acceptors (Lipinski definition) is 6. The summed E-state index contributed by atoms with van der Waals surface area (Å²) < 4.78 is 11.1. The first-order valence-electron chi connectivity index (χ1n) is 12.3. The molecule has 1 unspecified atom stereocenters. The number of likely N-dealkylation sites (N-methyl/N-ethyl adjacent to an activating group) is 1. The number of methoxy groups -OCH3 is 1. The fourth-order valence-corrected chi connectivity index (χ4v) is 4.80. The second-order valence-electron chi connectivity index (χ2n) is 8.96. The van der Waals surface area contributed by atoms with Gasteiger partial charge in [-0.2, -0.15) is 5.10 Å². The van der Waals surface area contributed by atoms with Gasteiger partial charge in [-0.1, -0.05) is 30.3 Å². The molecule has 0 aliphatic carbocycles. The number of fused-ring (bicyclic) bond motifs is 1. The summed E-state index contributed by atoms with van der Waals surface area (Å²) in [6, 6.07) is 23.3. The van der Waals surface area contributed by atoms with Crippen molar-refractivity contribution in [1.29, 1.82) is 0 Å². The number of ether oxygens (including phenoxy) is 2. The van der Waals surface area contributed by atoms with Crippen molar-refractivity contribution in [2.24, 2.45) is 10.2 Å². The fourth-order valence-electron chi connectivity index (χ4n) is 4.80. The van der Waals surface area contributed by atoms with E-state index >= 15 is 0 Å². The summed E-state index contributed by atoms with van der Waals surface area (Å²) in [4.78, 5) is 2.28. The van der Waals surface area contributed by atoms with Crippen molar-refractivity contribution in [2.75, 3.05) is 31.8 Å². The Labute approximate surface area is 234 Å². The van der Waals surface area contributed by atoms with Gasteiger partial charge in [-0.3, -0.25) is 0 Å². The third-order valence-corrected chi connectivity index (χ3v) is 6.59. The maximum Gasteiger partial charge on any atom is 0.238 e. The Kier molecular flexibility index (Phi) is 10.1. The molecule has 1 heterocycles. The molecule has 201 valence electrons. The van der Waals surface area contributed by atoms with Crippen molar-refractivity contribution in [3.8, 4) is 11.5 Å². The molecule has 3 aromatic rings. The molecule has 8 heteroatoms. The van der Waals surface area contributed by atoms with Crippen molar-refractivity contribution in [3.05, 3.63) is 101 Å². The number of aliphatic hydroxyl groups excluding tert-OH is 2. The summed E-state index contributed by atoms with van der Waals surface area (Å²) in [7, 11) is 1.68. The minimum Gasteiger partial charge on any atom is -0.497 e. The summed E-state index contributed by atoms with van der Waals surface area (Å²) in [5.41, 5.74) is 4.77. The van der Waals surface area contributed by atoms with E-state index in [4.69, 9.17) is 14.6 Å². The Morgan fingerprint density at radius 1 is 1.03 bits per heavy atom. The molecule has 1 aliphatic heterocycles. The van der Waals surface area contributed by atoms with Gasteiger partial charge in [0.25, 0.3) is 0 Å². The number of allylic oxidation sites excluding steroid dienone is 2. The summed E-state index contributed by atoms with van der Waals surface area (Å²) >= 11 is 0. The van der Waals surface area contributed by atoms with Gasteiger partial charge in [0.2, 0.25) is 5.90 Å². The van der Waals surface area contributed by atoms with Gasteiger partial charge >= 0.3 is 0 Å². The van der Waals surface area contributed by atoms with E-state index in [1.54, 1.807) is 25.5 Å². The van der Waals surface area contributed by atoms with Gasteiger partial charge in [-0.05, 0) is 79.9 Å². The van der Waals surface area contributed by atoms with Gasteiger partial charge in [-0.25, -0.2) is 0 Å². The van der Waals surface area contributed by atoms with E-state index in [2.05, 4.69) is 53.2 Å². The molecule has 0 aromatic heterocycles. The zero-order valence-corrected chi connectivity index (χ0v) is 22.8. The number of benzene rings is 3. The zero-order chi connectivity index (χ0) is 26.3. The van der Waals surface area contributed by atoms with Crippen LogP contribution in [-0.2, 0) is 28.6 Å². The van der Waals surface area contributed by atoms with Crippen molar-refractivity contribution < 1.29 is 36.5 Å². The van der Waals surface area contributed by atoms with E-state index in [-0.39, 0.29) is 41.3 Å². The number of nitrogens with zero attached hydrogens (tertiary/aromatic N) is 3. The molecular weight excluding hydrogens is 525 g/mol. The number of anilines is 1. The minimum absolute atomic E-state index is 0. The standard InChI is InChI=1S/C30H33N3O4.Co/c1-4-33-27-15-14-25(36-3)20-26(27)30(2,21-22-10-12-24(13-11-22)37-19-18-34)28(33)16-17-31-32-29(35)23-8-6-5-7-9-23;/h5-17,20,34H,4,18-19,21H2,1-3H3,(H,32,35);/b28-16-,31-17+;. The van der Waals surface area contributed by atoms with Crippen LogP contribution in [0, 0.1) is 0 Å². The normalized spacial score (nSPS) is 17.9. The Morgan fingerprint density at radius 2 is 1.74 bits per heavy atom. The Balaban J connectivity index is 0.00000400. The van der Waals surface area contributed by atoms with Crippen LogP contribution in [0.3, 0.4) is 0 Å². The van der Waals surface area contributed by atoms with Gasteiger partial charge in [0.1, 0.15) is 18.1 Å². The van der Waals surface area contributed by atoms with E-state index < -0.39 is 0 Å². The van der Waals surface area contributed by atoms with Crippen LogP contribution in [0.1, 0.15) is 30.5 Å². The van der Waals surface area contributed by atoms with Crippen LogP contribution in [0.5, 0.6) is 11.5 Å². The summed E-state index contributed by atoms with van der Waals surface area (Å²) in [6.07, 6.45) is 4.34. The monoisotopic (exact) mass is 558 g/mol. The molecule has 7 nitrogen and oxygen atoms in total. The van der Waals surface area contributed by atoms with Crippen LogP contribution in [0.25, 0.3) is 0 Å². The molecule has 4 rings (SSSR count). The first-order chi connectivity index (χ1) is 18.0.